The lowest BCUT2D eigenvalue weighted by Crippen LogP contribution is -2.44. The van der Waals surface area contributed by atoms with Gasteiger partial charge in [-0.2, -0.15) is 0 Å². The monoisotopic (exact) mass is 313 g/mol. The summed E-state index contributed by atoms with van der Waals surface area (Å²) in [6, 6.07) is 4.94. The number of amides is 1. The van der Waals surface area contributed by atoms with Gasteiger partial charge in [-0.1, -0.05) is 28.0 Å². The van der Waals surface area contributed by atoms with Crippen LogP contribution in [0, 0.1) is 6.92 Å². The van der Waals surface area contributed by atoms with Crippen LogP contribution in [0.15, 0.2) is 27.8 Å². The third kappa shape index (κ3) is 3.73. The average Bonchev–Trinajstić information content (AvgIpc) is 2.33. The number of oxime groups is 1. The largest absolute Gasteiger partial charge is 0.409 e. The van der Waals surface area contributed by atoms with Crippen molar-refractivity contribution in [2.75, 3.05) is 0 Å². The Labute approximate surface area is 114 Å². The number of amidine groups is 1. The summed E-state index contributed by atoms with van der Waals surface area (Å²) < 4.78 is 0.837. The lowest BCUT2D eigenvalue weighted by atomic mass is 10.1. The Kier molecular flexibility index (Phi) is 5.15. The predicted molar refractivity (Wildman–Crippen MR) is 73.8 cm³/mol. The molecule has 0 aliphatic heterocycles. The molecule has 0 aliphatic carbocycles. The van der Waals surface area contributed by atoms with Crippen LogP contribution in [0.2, 0.25) is 0 Å². The van der Waals surface area contributed by atoms with E-state index in [1.165, 1.54) is 0 Å². The maximum atomic E-state index is 12.0. The summed E-state index contributed by atoms with van der Waals surface area (Å²) in [4.78, 5) is 12.0. The van der Waals surface area contributed by atoms with Crippen molar-refractivity contribution in [2.24, 2.45) is 10.9 Å². The molecule has 4 N–H and O–H groups in total. The minimum atomic E-state index is -0.471. The van der Waals surface area contributed by atoms with E-state index >= 15 is 0 Å². The number of aryl methyl sites for hydroxylation is 1. The van der Waals surface area contributed by atoms with Gasteiger partial charge in [0.15, 0.2) is 5.84 Å². The number of halogens is 1. The fraction of sp³-hybridized carbons (Fsp3) is 0.333. The average molecular weight is 314 g/mol. The maximum absolute atomic E-state index is 12.0. The third-order valence-corrected chi connectivity index (χ3v) is 2.95. The fourth-order valence-electron chi connectivity index (χ4n) is 1.56. The number of hydrogen-bond acceptors (Lipinski definition) is 3. The molecule has 0 bridgehead atoms. The first-order chi connectivity index (χ1) is 8.47. The van der Waals surface area contributed by atoms with Gasteiger partial charge in [-0.25, -0.2) is 0 Å². The topological polar surface area (TPSA) is 87.7 Å². The van der Waals surface area contributed by atoms with Crippen molar-refractivity contribution < 1.29 is 10.0 Å². The first-order valence-electron chi connectivity index (χ1n) is 5.53. The molecule has 6 heteroatoms. The van der Waals surface area contributed by atoms with Crippen LogP contribution in [-0.2, 0) is 0 Å². The normalized spacial score (nSPS) is 13.2. The molecule has 98 valence electrons. The molecule has 0 fully saturated rings. The molecule has 1 atom stereocenters. The number of rotatable bonds is 4. The number of nitrogens with two attached hydrogens (primary N) is 1. The Morgan fingerprint density at radius 1 is 1.56 bits per heavy atom. The molecule has 0 spiro atoms. The second-order valence-corrected chi connectivity index (χ2v) is 4.89. The number of benzene rings is 1. The Morgan fingerprint density at radius 2 is 2.22 bits per heavy atom. The van der Waals surface area contributed by atoms with Crippen LogP contribution in [0.5, 0.6) is 0 Å². The first kappa shape index (κ1) is 14.5. The van der Waals surface area contributed by atoms with Crippen molar-refractivity contribution in [3.8, 4) is 0 Å². The van der Waals surface area contributed by atoms with E-state index < -0.39 is 6.04 Å². The van der Waals surface area contributed by atoms with E-state index in [4.69, 9.17) is 10.9 Å². The van der Waals surface area contributed by atoms with Gasteiger partial charge < -0.3 is 16.3 Å². The number of carbonyl (C=O) groups is 1. The molecule has 1 rings (SSSR count). The molecule has 0 aliphatic rings. The minimum absolute atomic E-state index is 0.00225. The molecule has 1 unspecified atom stereocenters. The van der Waals surface area contributed by atoms with Crippen molar-refractivity contribution in [1.82, 2.24) is 5.32 Å². The summed E-state index contributed by atoms with van der Waals surface area (Å²) in [5, 5.41) is 14.2. The minimum Gasteiger partial charge on any atom is -0.409 e. The van der Waals surface area contributed by atoms with Crippen molar-refractivity contribution in [1.29, 1.82) is 0 Å². The molecule has 0 saturated heterocycles. The summed E-state index contributed by atoms with van der Waals surface area (Å²) in [5.74, 6) is -0.254. The molecular weight excluding hydrogens is 298 g/mol. The summed E-state index contributed by atoms with van der Waals surface area (Å²) >= 11 is 3.34. The van der Waals surface area contributed by atoms with Crippen molar-refractivity contribution in [2.45, 2.75) is 26.3 Å². The lowest BCUT2D eigenvalue weighted by Gasteiger charge is -2.15. The van der Waals surface area contributed by atoms with E-state index in [-0.39, 0.29) is 11.7 Å². The van der Waals surface area contributed by atoms with Crippen LogP contribution in [0.1, 0.15) is 29.3 Å². The van der Waals surface area contributed by atoms with E-state index in [2.05, 4.69) is 26.4 Å². The maximum Gasteiger partial charge on any atom is 0.251 e. The first-order valence-corrected chi connectivity index (χ1v) is 6.32. The van der Waals surface area contributed by atoms with E-state index in [0.29, 0.717) is 12.0 Å². The van der Waals surface area contributed by atoms with Crippen molar-refractivity contribution in [3.63, 3.8) is 0 Å². The summed E-state index contributed by atoms with van der Waals surface area (Å²) in [5.41, 5.74) is 7.00. The lowest BCUT2D eigenvalue weighted by molar-refractivity contribution is 0.0945. The van der Waals surface area contributed by atoms with Gasteiger partial charge >= 0.3 is 0 Å². The van der Waals surface area contributed by atoms with Crippen molar-refractivity contribution >= 4 is 27.7 Å². The van der Waals surface area contributed by atoms with E-state index in [1.807, 2.05) is 19.9 Å². The summed E-state index contributed by atoms with van der Waals surface area (Å²) in [7, 11) is 0. The van der Waals surface area contributed by atoms with Gasteiger partial charge in [0.1, 0.15) is 0 Å². The Hall–Kier alpha value is -1.56. The zero-order valence-corrected chi connectivity index (χ0v) is 11.9. The van der Waals surface area contributed by atoms with Crippen molar-refractivity contribution in [3.05, 3.63) is 33.8 Å². The summed E-state index contributed by atoms with van der Waals surface area (Å²) in [6.07, 6.45) is 0.550. The second-order valence-electron chi connectivity index (χ2n) is 3.98. The van der Waals surface area contributed by atoms with Crippen LogP contribution >= 0.6 is 15.9 Å². The van der Waals surface area contributed by atoms with Gasteiger partial charge in [0, 0.05) is 10.0 Å². The van der Waals surface area contributed by atoms with Gasteiger partial charge in [0.2, 0.25) is 0 Å². The molecule has 0 aromatic heterocycles. The molecule has 1 aromatic carbocycles. The Morgan fingerprint density at radius 3 is 2.72 bits per heavy atom. The highest BCUT2D eigenvalue weighted by molar-refractivity contribution is 9.10. The van der Waals surface area contributed by atoms with E-state index in [0.717, 1.165) is 10.0 Å². The molecular formula is C12H16BrN3O2. The van der Waals surface area contributed by atoms with Gasteiger partial charge in [0.25, 0.3) is 5.91 Å². The number of hydrogen-bond donors (Lipinski definition) is 3. The number of nitrogens with zero attached hydrogens (tertiary/aromatic N) is 1. The molecule has 0 heterocycles. The highest BCUT2D eigenvalue weighted by Gasteiger charge is 2.16. The Bertz CT molecular complexity index is 454. The van der Waals surface area contributed by atoms with Crippen LogP contribution in [0.4, 0.5) is 0 Å². The fourth-order valence-corrected chi connectivity index (χ4v) is 2.17. The van der Waals surface area contributed by atoms with Gasteiger partial charge in [-0.3, -0.25) is 4.79 Å². The highest BCUT2D eigenvalue weighted by Crippen LogP contribution is 2.15. The van der Waals surface area contributed by atoms with Crippen LogP contribution in [-0.4, -0.2) is 23.0 Å². The predicted octanol–water partition coefficient (Wildman–Crippen LogP) is 2.01. The molecule has 0 radical (unpaired) electrons. The third-order valence-electron chi connectivity index (χ3n) is 2.49. The van der Waals surface area contributed by atoms with Crippen LogP contribution in [0.3, 0.4) is 0 Å². The SMILES string of the molecule is CCC(NC(=O)c1cc(C)cc(Br)c1)/C(N)=N/O. The zero-order valence-electron chi connectivity index (χ0n) is 10.3. The highest BCUT2D eigenvalue weighted by atomic mass is 79.9. The number of nitrogens with one attached hydrogen (secondary N) is 1. The van der Waals surface area contributed by atoms with Gasteiger partial charge in [-0.05, 0) is 37.1 Å². The molecule has 18 heavy (non-hydrogen) atoms. The number of carbonyl (C=O) groups excluding carboxylic acids is 1. The quantitative estimate of drug-likeness (QED) is 0.344. The molecule has 0 saturated carbocycles. The smallest absolute Gasteiger partial charge is 0.251 e. The van der Waals surface area contributed by atoms with Crippen LogP contribution < -0.4 is 11.1 Å². The molecule has 1 aromatic rings. The summed E-state index contributed by atoms with van der Waals surface area (Å²) in [6.45, 7) is 3.75. The molecule has 5 nitrogen and oxygen atoms in total. The van der Waals surface area contributed by atoms with Crippen LogP contribution in [0.25, 0.3) is 0 Å². The van der Waals surface area contributed by atoms with E-state index in [9.17, 15) is 4.79 Å². The Balaban J connectivity index is 2.87. The zero-order chi connectivity index (χ0) is 13.7. The molecule has 1 amide bonds. The standard InChI is InChI=1S/C12H16BrN3O2/c1-3-10(11(14)16-18)15-12(17)8-4-7(2)5-9(13)6-8/h4-6,10,18H,3H2,1-2H3,(H2,14,16)(H,15,17). The second kappa shape index (κ2) is 6.39. The van der Waals surface area contributed by atoms with E-state index in [1.54, 1.807) is 12.1 Å². The van der Waals surface area contributed by atoms with Gasteiger partial charge in [0.05, 0.1) is 6.04 Å². The van der Waals surface area contributed by atoms with Gasteiger partial charge in [-0.15, -0.1) is 0 Å².